The zero-order valence-electron chi connectivity index (χ0n) is 13.6. The van der Waals surface area contributed by atoms with Crippen LogP contribution in [-0.4, -0.2) is 23.7 Å². The van der Waals surface area contributed by atoms with Crippen molar-refractivity contribution in [3.63, 3.8) is 0 Å². The number of nitrogens with one attached hydrogen (secondary N) is 1. The molecule has 4 nitrogen and oxygen atoms in total. The molecule has 0 bridgehead atoms. The summed E-state index contributed by atoms with van der Waals surface area (Å²) in [6.07, 6.45) is 2.95. The van der Waals surface area contributed by atoms with E-state index in [0.29, 0.717) is 5.56 Å². The quantitative estimate of drug-likeness (QED) is 0.781. The number of hydrogen-bond donors (Lipinski definition) is 1. The largest absolute Gasteiger partial charge is 0.492 e. The first-order valence-corrected chi connectivity index (χ1v) is 7.91. The van der Waals surface area contributed by atoms with Crippen molar-refractivity contribution in [1.29, 1.82) is 0 Å². The van der Waals surface area contributed by atoms with Gasteiger partial charge in [-0.05, 0) is 16.7 Å². The molecule has 1 aliphatic rings. The van der Waals surface area contributed by atoms with Crippen LogP contribution in [-0.2, 0) is 4.74 Å². The van der Waals surface area contributed by atoms with Crippen LogP contribution in [0.15, 0.2) is 72.6 Å². The van der Waals surface area contributed by atoms with E-state index in [1.807, 2.05) is 54.6 Å². The lowest BCUT2D eigenvalue weighted by Gasteiger charge is -2.12. The molecular formula is C21H15NO3. The molecule has 1 aliphatic carbocycles. The fourth-order valence-electron chi connectivity index (χ4n) is 3.09. The molecular weight excluding hydrogens is 314 g/mol. The van der Waals surface area contributed by atoms with Gasteiger partial charge in [0.2, 0.25) is 5.78 Å². The second-order valence-electron chi connectivity index (χ2n) is 5.80. The third kappa shape index (κ3) is 2.48. The molecule has 0 atom stereocenters. The molecule has 0 fully saturated rings. The fourth-order valence-corrected chi connectivity index (χ4v) is 3.09. The third-order valence-electron chi connectivity index (χ3n) is 4.36. The van der Waals surface area contributed by atoms with Crippen LogP contribution in [0.1, 0.15) is 20.8 Å². The molecule has 4 heteroatoms. The van der Waals surface area contributed by atoms with E-state index in [2.05, 4.69) is 4.98 Å². The van der Waals surface area contributed by atoms with Gasteiger partial charge in [-0.3, -0.25) is 9.59 Å². The zero-order chi connectivity index (χ0) is 17.4. The number of methoxy groups -OCH3 is 1. The van der Waals surface area contributed by atoms with Crippen LogP contribution in [0.25, 0.3) is 22.3 Å². The van der Waals surface area contributed by atoms with E-state index < -0.39 is 0 Å². The molecule has 1 heterocycles. The van der Waals surface area contributed by atoms with E-state index in [4.69, 9.17) is 4.74 Å². The first-order valence-electron chi connectivity index (χ1n) is 7.91. The van der Waals surface area contributed by atoms with Gasteiger partial charge in [0.25, 0.3) is 0 Å². The number of Topliss-reactive ketones (excluding diaryl/α,β-unsaturated/α-hetero) is 1. The predicted octanol–water partition coefficient (Wildman–Crippen LogP) is 4.26. The number of aromatic nitrogens is 1. The number of hydrogen-bond acceptors (Lipinski definition) is 3. The predicted molar refractivity (Wildman–Crippen MR) is 95.4 cm³/mol. The molecule has 0 radical (unpaired) electrons. The number of ether oxygens (including phenoxy) is 1. The van der Waals surface area contributed by atoms with Crippen LogP contribution < -0.4 is 0 Å². The monoisotopic (exact) mass is 329 g/mol. The van der Waals surface area contributed by atoms with Gasteiger partial charge < -0.3 is 9.72 Å². The minimum Gasteiger partial charge on any atom is -0.492 e. The summed E-state index contributed by atoms with van der Waals surface area (Å²) in [5.74, 6) is -0.468. The lowest BCUT2D eigenvalue weighted by atomic mass is 9.93. The highest BCUT2D eigenvalue weighted by atomic mass is 16.5. The smallest absolute Gasteiger partial charge is 0.244 e. The molecule has 2 aromatic carbocycles. The number of rotatable bonds is 3. The number of ketones is 2. The van der Waals surface area contributed by atoms with Crippen molar-refractivity contribution in [2.75, 3.05) is 7.11 Å². The van der Waals surface area contributed by atoms with Gasteiger partial charge in [-0.2, -0.15) is 0 Å². The van der Waals surface area contributed by atoms with Gasteiger partial charge in [0.1, 0.15) is 5.69 Å². The summed E-state index contributed by atoms with van der Waals surface area (Å²) >= 11 is 0. The second kappa shape index (κ2) is 5.91. The minimum atomic E-state index is -0.302. The summed E-state index contributed by atoms with van der Waals surface area (Å²) in [6, 6.07) is 18.0. The Bertz CT molecular complexity index is 995. The molecule has 3 aromatic rings. The Morgan fingerprint density at radius 3 is 2.16 bits per heavy atom. The second-order valence-corrected chi connectivity index (χ2v) is 5.80. The van der Waals surface area contributed by atoms with Gasteiger partial charge in [-0.1, -0.05) is 54.6 Å². The topological polar surface area (TPSA) is 59.2 Å². The SMILES string of the molecule is COC1=CC(=O)c2c(-c3ccc(-c4ccccc4)cc3)c[nH]c2C1=O. The van der Waals surface area contributed by atoms with Crippen molar-refractivity contribution < 1.29 is 14.3 Å². The average Bonchev–Trinajstić information content (AvgIpc) is 3.11. The number of aromatic amines is 1. The molecule has 25 heavy (non-hydrogen) atoms. The maximum absolute atomic E-state index is 12.4. The van der Waals surface area contributed by atoms with Crippen LogP contribution in [0, 0.1) is 0 Å². The average molecular weight is 329 g/mol. The summed E-state index contributed by atoms with van der Waals surface area (Å²) in [6.45, 7) is 0. The Morgan fingerprint density at radius 2 is 1.48 bits per heavy atom. The van der Waals surface area contributed by atoms with Crippen LogP contribution >= 0.6 is 0 Å². The van der Waals surface area contributed by atoms with Gasteiger partial charge in [-0.25, -0.2) is 0 Å². The van der Waals surface area contributed by atoms with E-state index in [1.54, 1.807) is 6.20 Å². The van der Waals surface area contributed by atoms with Gasteiger partial charge in [-0.15, -0.1) is 0 Å². The van der Waals surface area contributed by atoms with Crippen LogP contribution in [0.3, 0.4) is 0 Å². The van der Waals surface area contributed by atoms with Gasteiger partial charge in [0, 0.05) is 17.8 Å². The number of allylic oxidation sites excluding steroid dienone is 2. The Balaban J connectivity index is 1.74. The maximum atomic E-state index is 12.4. The van der Waals surface area contributed by atoms with Gasteiger partial charge in [0.05, 0.1) is 12.7 Å². The lowest BCUT2D eigenvalue weighted by molar-refractivity contribution is 0.0913. The molecule has 1 N–H and O–H groups in total. The number of fused-ring (bicyclic) bond motifs is 1. The summed E-state index contributed by atoms with van der Waals surface area (Å²) < 4.78 is 4.98. The molecule has 1 aromatic heterocycles. The van der Waals surface area contributed by atoms with Crippen molar-refractivity contribution in [2.24, 2.45) is 0 Å². The van der Waals surface area contributed by atoms with Gasteiger partial charge >= 0.3 is 0 Å². The highest BCUT2D eigenvalue weighted by Crippen LogP contribution is 2.32. The molecule has 0 saturated heterocycles. The van der Waals surface area contributed by atoms with E-state index in [0.717, 1.165) is 22.3 Å². The zero-order valence-corrected chi connectivity index (χ0v) is 13.6. The summed E-state index contributed by atoms with van der Waals surface area (Å²) in [4.78, 5) is 27.6. The molecule has 4 rings (SSSR count). The van der Waals surface area contributed by atoms with Crippen molar-refractivity contribution in [3.05, 3.63) is 83.9 Å². The molecule has 0 aliphatic heterocycles. The van der Waals surface area contributed by atoms with Crippen LogP contribution in [0.5, 0.6) is 0 Å². The Hall–Kier alpha value is -3.40. The fraction of sp³-hybridized carbons (Fsp3) is 0.0476. The molecule has 122 valence electrons. The highest BCUT2D eigenvalue weighted by molar-refractivity contribution is 6.25. The Labute approximate surface area is 144 Å². The van der Waals surface area contributed by atoms with E-state index >= 15 is 0 Å². The molecule has 0 amide bonds. The van der Waals surface area contributed by atoms with E-state index in [9.17, 15) is 9.59 Å². The maximum Gasteiger partial charge on any atom is 0.244 e. The summed E-state index contributed by atoms with van der Waals surface area (Å²) in [5.41, 5.74) is 4.51. The first-order chi connectivity index (χ1) is 12.2. The third-order valence-corrected chi connectivity index (χ3v) is 4.36. The summed E-state index contributed by atoms with van der Waals surface area (Å²) in [7, 11) is 1.38. The van der Waals surface area contributed by atoms with Crippen molar-refractivity contribution in [1.82, 2.24) is 4.98 Å². The van der Waals surface area contributed by atoms with E-state index in [1.165, 1.54) is 13.2 Å². The standard InChI is InChI=1S/C21H15NO3/c1-25-18-11-17(23)19-16(12-22-20(19)21(18)24)15-9-7-14(8-10-15)13-5-3-2-4-6-13/h2-12,22H,1H3. The van der Waals surface area contributed by atoms with Crippen molar-refractivity contribution in [3.8, 4) is 22.3 Å². The van der Waals surface area contributed by atoms with E-state index in [-0.39, 0.29) is 23.0 Å². The summed E-state index contributed by atoms with van der Waals surface area (Å²) in [5, 5.41) is 0. The number of carbonyl (C=O) groups excluding carboxylic acids is 2. The van der Waals surface area contributed by atoms with Crippen LogP contribution in [0.4, 0.5) is 0 Å². The minimum absolute atomic E-state index is 0.0605. The number of H-pyrrole nitrogens is 1. The first kappa shape index (κ1) is 15.1. The number of carbonyl (C=O) groups is 2. The van der Waals surface area contributed by atoms with Crippen LogP contribution in [0.2, 0.25) is 0 Å². The molecule has 0 spiro atoms. The normalized spacial score (nSPS) is 13.4. The molecule has 0 saturated carbocycles. The Kier molecular flexibility index (Phi) is 3.58. The number of benzene rings is 2. The van der Waals surface area contributed by atoms with Crippen molar-refractivity contribution >= 4 is 11.6 Å². The van der Waals surface area contributed by atoms with Gasteiger partial charge in [0.15, 0.2) is 11.5 Å². The lowest BCUT2D eigenvalue weighted by Crippen LogP contribution is -2.17. The van der Waals surface area contributed by atoms with Crippen molar-refractivity contribution in [2.45, 2.75) is 0 Å². The molecule has 0 unspecified atom stereocenters. The Morgan fingerprint density at radius 1 is 0.840 bits per heavy atom. The highest BCUT2D eigenvalue weighted by Gasteiger charge is 2.30.